The summed E-state index contributed by atoms with van der Waals surface area (Å²) in [7, 11) is 0. The zero-order valence-electron chi connectivity index (χ0n) is 11.7. The molecule has 4 heteroatoms. The van der Waals surface area contributed by atoms with Gasteiger partial charge in [0.1, 0.15) is 0 Å². The van der Waals surface area contributed by atoms with E-state index in [2.05, 4.69) is 28.9 Å². The van der Waals surface area contributed by atoms with Crippen molar-refractivity contribution >= 4 is 23.6 Å². The number of nitrogens with zero attached hydrogens (tertiary/aromatic N) is 1. The zero-order valence-corrected chi connectivity index (χ0v) is 12.6. The molecule has 2 rings (SSSR count). The summed E-state index contributed by atoms with van der Waals surface area (Å²) in [5.41, 5.74) is 2.18. The van der Waals surface area contributed by atoms with E-state index in [1.807, 2.05) is 37.3 Å². The fourth-order valence-electron chi connectivity index (χ4n) is 1.85. The minimum Gasteiger partial charge on any atom is -0.296 e. The summed E-state index contributed by atoms with van der Waals surface area (Å²) in [5.74, 6) is 0. The van der Waals surface area contributed by atoms with Crippen molar-refractivity contribution in [2.45, 2.75) is 11.8 Å². The molecule has 0 aliphatic rings. The van der Waals surface area contributed by atoms with Crippen LogP contribution in [0.1, 0.15) is 23.1 Å². The lowest BCUT2D eigenvalue weighted by Crippen LogP contribution is -1.88. The lowest BCUT2D eigenvalue weighted by atomic mass is 10.1. The number of rotatable bonds is 6. The Morgan fingerprint density at radius 2 is 2.10 bits per heavy atom. The van der Waals surface area contributed by atoms with Crippen LogP contribution in [0, 0.1) is 0 Å². The van der Waals surface area contributed by atoms with Gasteiger partial charge in [0.05, 0.1) is 11.4 Å². The summed E-state index contributed by atoms with van der Waals surface area (Å²) in [6.45, 7) is 5.72. The first-order valence-corrected chi connectivity index (χ1v) is 7.33. The first-order chi connectivity index (χ1) is 10.3. The largest absolute Gasteiger partial charge is 0.296 e. The molecule has 0 aliphatic carbocycles. The van der Waals surface area contributed by atoms with E-state index in [0.29, 0.717) is 5.69 Å². The van der Waals surface area contributed by atoms with Crippen LogP contribution < -0.4 is 0 Å². The molecule has 0 bridgehead atoms. The van der Waals surface area contributed by atoms with E-state index in [1.165, 1.54) is 0 Å². The Labute approximate surface area is 128 Å². The molecular weight excluding hydrogens is 280 g/mol. The first kappa shape index (κ1) is 15.1. The normalized spacial score (nSPS) is 12.2. The minimum atomic E-state index is 0.465. The molecular formula is C17H16N2OS. The third-order valence-corrected chi connectivity index (χ3v) is 3.88. The molecule has 1 aromatic heterocycles. The molecule has 3 nitrogen and oxygen atoms in total. The Bertz CT molecular complexity index is 684. The number of benzene rings is 1. The summed E-state index contributed by atoms with van der Waals surface area (Å²) in [4.78, 5) is 13.0. The number of aromatic nitrogens is 2. The van der Waals surface area contributed by atoms with Gasteiger partial charge in [-0.05, 0) is 31.2 Å². The predicted octanol–water partition coefficient (Wildman–Crippen LogP) is 4.49. The topological polar surface area (TPSA) is 45.8 Å². The number of nitrogens with one attached hydrogen (secondary N) is 1. The van der Waals surface area contributed by atoms with Crippen LogP contribution in [0.3, 0.4) is 0 Å². The molecule has 0 saturated carbocycles. The average Bonchev–Trinajstić information content (AvgIpc) is 2.98. The maximum Gasteiger partial charge on any atom is 0.167 e. The average molecular weight is 296 g/mol. The van der Waals surface area contributed by atoms with E-state index in [-0.39, 0.29) is 0 Å². The van der Waals surface area contributed by atoms with Crippen LogP contribution in [0.5, 0.6) is 0 Å². The number of hydrogen-bond acceptors (Lipinski definition) is 3. The Balaban J connectivity index is 2.34. The van der Waals surface area contributed by atoms with Crippen LogP contribution in [0.4, 0.5) is 0 Å². The van der Waals surface area contributed by atoms with Gasteiger partial charge < -0.3 is 0 Å². The van der Waals surface area contributed by atoms with Crippen LogP contribution in [0.2, 0.25) is 0 Å². The van der Waals surface area contributed by atoms with Gasteiger partial charge >= 0.3 is 0 Å². The molecule has 2 aromatic rings. The van der Waals surface area contributed by atoms with Crippen LogP contribution >= 0.6 is 11.8 Å². The highest BCUT2D eigenvalue weighted by molar-refractivity contribution is 8.03. The molecule has 0 unspecified atom stereocenters. The van der Waals surface area contributed by atoms with Gasteiger partial charge in [-0.15, -0.1) is 0 Å². The van der Waals surface area contributed by atoms with Gasteiger partial charge in [0.15, 0.2) is 6.29 Å². The lowest BCUT2D eigenvalue weighted by Gasteiger charge is -2.09. The van der Waals surface area contributed by atoms with Crippen molar-refractivity contribution < 1.29 is 4.79 Å². The number of aromatic amines is 1. The molecule has 21 heavy (non-hydrogen) atoms. The number of thioether (sulfide) groups is 1. The van der Waals surface area contributed by atoms with E-state index in [0.717, 1.165) is 27.4 Å². The molecule has 0 amide bonds. The maximum absolute atomic E-state index is 10.8. The second-order valence-corrected chi connectivity index (χ2v) is 5.33. The van der Waals surface area contributed by atoms with Crippen LogP contribution in [-0.2, 0) is 0 Å². The standard InChI is InChI=1S/C17H16N2OS/c1-3-8-17(21-14-9-6-5-7-10-14)15(4-2)16-11-13(12-20)18-19-16/h3-12H,1H2,2H3,(H,18,19)/b15-4-,17-8+. The number of hydrogen-bond donors (Lipinski definition) is 1. The van der Waals surface area contributed by atoms with E-state index in [4.69, 9.17) is 0 Å². The van der Waals surface area contributed by atoms with Crippen molar-refractivity contribution in [3.63, 3.8) is 0 Å². The summed E-state index contributed by atoms with van der Waals surface area (Å²) in [5, 5.41) is 6.90. The fourth-order valence-corrected chi connectivity index (χ4v) is 2.90. The van der Waals surface area contributed by atoms with Gasteiger partial charge in [0.25, 0.3) is 0 Å². The Hall–Kier alpha value is -2.33. The van der Waals surface area contributed by atoms with Crippen molar-refractivity contribution in [3.05, 3.63) is 77.5 Å². The molecule has 1 aromatic carbocycles. The maximum atomic E-state index is 10.8. The van der Waals surface area contributed by atoms with Crippen molar-refractivity contribution in [3.8, 4) is 0 Å². The molecule has 0 saturated heterocycles. The second-order valence-electron chi connectivity index (χ2n) is 4.21. The molecule has 0 aliphatic heterocycles. The summed E-state index contributed by atoms with van der Waals surface area (Å²) >= 11 is 1.64. The summed E-state index contributed by atoms with van der Waals surface area (Å²) in [6.07, 6.45) is 6.44. The SMILES string of the molecule is C=C/C=C(Sc1ccccc1)\C(=C/C)c1cc(C=O)[nH]n1. The number of carbonyl (C=O) groups is 1. The highest BCUT2D eigenvalue weighted by Gasteiger charge is 2.12. The Morgan fingerprint density at radius 1 is 1.33 bits per heavy atom. The van der Waals surface area contributed by atoms with Gasteiger partial charge in [-0.3, -0.25) is 9.89 Å². The second kappa shape index (κ2) is 7.45. The minimum absolute atomic E-state index is 0.465. The molecule has 1 N–H and O–H groups in total. The van der Waals surface area contributed by atoms with Gasteiger partial charge in [0.2, 0.25) is 0 Å². The van der Waals surface area contributed by atoms with Crippen molar-refractivity contribution in [1.29, 1.82) is 0 Å². The molecule has 0 fully saturated rings. The van der Waals surface area contributed by atoms with Crippen LogP contribution in [-0.4, -0.2) is 16.5 Å². The highest BCUT2D eigenvalue weighted by atomic mass is 32.2. The van der Waals surface area contributed by atoms with Crippen molar-refractivity contribution in [1.82, 2.24) is 10.2 Å². The van der Waals surface area contributed by atoms with Crippen molar-refractivity contribution in [2.24, 2.45) is 0 Å². The van der Waals surface area contributed by atoms with E-state index in [9.17, 15) is 4.79 Å². The summed E-state index contributed by atoms with van der Waals surface area (Å²) in [6, 6.07) is 11.8. The number of H-pyrrole nitrogens is 1. The molecule has 0 atom stereocenters. The molecule has 1 heterocycles. The zero-order chi connectivity index (χ0) is 15.1. The Kier molecular flexibility index (Phi) is 5.35. The predicted molar refractivity (Wildman–Crippen MR) is 88.2 cm³/mol. The third kappa shape index (κ3) is 3.83. The quantitative estimate of drug-likeness (QED) is 0.485. The fraction of sp³-hybridized carbons (Fsp3) is 0.0588. The van der Waals surface area contributed by atoms with Crippen LogP contribution in [0.15, 0.2) is 71.0 Å². The smallest absolute Gasteiger partial charge is 0.167 e. The molecule has 0 spiro atoms. The van der Waals surface area contributed by atoms with E-state index >= 15 is 0 Å². The van der Waals surface area contributed by atoms with Gasteiger partial charge in [-0.1, -0.05) is 48.7 Å². The lowest BCUT2D eigenvalue weighted by molar-refractivity contribution is 0.111. The monoisotopic (exact) mass is 296 g/mol. The van der Waals surface area contributed by atoms with Crippen LogP contribution in [0.25, 0.3) is 5.57 Å². The van der Waals surface area contributed by atoms with Gasteiger partial charge in [-0.25, -0.2) is 0 Å². The first-order valence-electron chi connectivity index (χ1n) is 6.51. The van der Waals surface area contributed by atoms with E-state index < -0.39 is 0 Å². The summed E-state index contributed by atoms with van der Waals surface area (Å²) < 4.78 is 0. The molecule has 106 valence electrons. The number of allylic oxidation sites excluding steroid dienone is 4. The van der Waals surface area contributed by atoms with Crippen molar-refractivity contribution in [2.75, 3.05) is 0 Å². The number of carbonyl (C=O) groups excluding carboxylic acids is 1. The van der Waals surface area contributed by atoms with Gasteiger partial charge in [0, 0.05) is 15.4 Å². The van der Waals surface area contributed by atoms with E-state index in [1.54, 1.807) is 23.9 Å². The molecule has 0 radical (unpaired) electrons. The third-order valence-electron chi connectivity index (χ3n) is 2.79. The highest BCUT2D eigenvalue weighted by Crippen LogP contribution is 2.36. The number of aldehydes is 1. The Morgan fingerprint density at radius 3 is 2.67 bits per heavy atom. The van der Waals surface area contributed by atoms with Gasteiger partial charge in [-0.2, -0.15) is 5.10 Å².